The van der Waals surface area contributed by atoms with E-state index in [1.165, 1.54) is 0 Å². The molecule has 0 spiro atoms. The van der Waals surface area contributed by atoms with Crippen LogP contribution in [-0.2, 0) is 4.79 Å². The maximum atomic E-state index is 12.6. The van der Waals surface area contributed by atoms with Crippen LogP contribution in [0.3, 0.4) is 0 Å². The summed E-state index contributed by atoms with van der Waals surface area (Å²) < 4.78 is 0. The number of hydrogen-bond acceptors (Lipinski definition) is 2. The number of aliphatic carboxylic acids is 1. The van der Waals surface area contributed by atoms with E-state index in [-0.39, 0.29) is 23.4 Å². The molecule has 0 aromatic rings. The predicted molar refractivity (Wildman–Crippen MR) is 76.5 cm³/mol. The van der Waals surface area contributed by atoms with E-state index in [1.807, 2.05) is 16.7 Å². The van der Waals surface area contributed by atoms with Gasteiger partial charge in [-0.05, 0) is 38.0 Å². The quantitative estimate of drug-likeness (QED) is 0.803. The number of urea groups is 1. The second kappa shape index (κ2) is 5.62. The topological polar surface area (TPSA) is 60.9 Å². The first-order valence-corrected chi connectivity index (χ1v) is 7.58. The van der Waals surface area contributed by atoms with Gasteiger partial charge in [0.1, 0.15) is 0 Å². The van der Waals surface area contributed by atoms with Crippen LogP contribution in [0.2, 0.25) is 0 Å². The Morgan fingerprint density at radius 2 is 1.95 bits per heavy atom. The molecule has 5 nitrogen and oxygen atoms in total. The molecule has 2 amide bonds. The van der Waals surface area contributed by atoms with Crippen molar-refractivity contribution in [3.8, 4) is 0 Å². The number of carboxylic acids is 1. The van der Waals surface area contributed by atoms with Crippen LogP contribution in [0, 0.1) is 11.3 Å². The molecular weight excluding hydrogens is 256 g/mol. The third kappa shape index (κ3) is 3.25. The average molecular weight is 282 g/mol. The van der Waals surface area contributed by atoms with Gasteiger partial charge in [0, 0.05) is 25.7 Å². The minimum Gasteiger partial charge on any atom is -0.481 e. The van der Waals surface area contributed by atoms with Crippen LogP contribution >= 0.6 is 0 Å². The monoisotopic (exact) mass is 282 g/mol. The van der Waals surface area contributed by atoms with Crippen LogP contribution in [-0.4, -0.2) is 52.6 Å². The molecule has 0 bridgehead atoms. The molecule has 0 aliphatic carbocycles. The zero-order valence-electron chi connectivity index (χ0n) is 12.8. The van der Waals surface area contributed by atoms with E-state index >= 15 is 0 Å². The summed E-state index contributed by atoms with van der Waals surface area (Å²) in [7, 11) is 0. The Bertz CT molecular complexity index is 395. The van der Waals surface area contributed by atoms with Crippen molar-refractivity contribution >= 4 is 12.0 Å². The van der Waals surface area contributed by atoms with Crippen LogP contribution in [0.5, 0.6) is 0 Å². The second-order valence-electron chi connectivity index (χ2n) is 7.07. The summed E-state index contributed by atoms with van der Waals surface area (Å²) in [5.74, 6) is -1.03. The lowest BCUT2D eigenvalue weighted by atomic mass is 9.84. The van der Waals surface area contributed by atoms with Gasteiger partial charge in [-0.1, -0.05) is 13.8 Å². The number of hydrogen-bond donors (Lipinski definition) is 1. The average Bonchev–Trinajstić information content (AvgIpc) is 2.36. The van der Waals surface area contributed by atoms with Crippen molar-refractivity contribution in [1.29, 1.82) is 0 Å². The molecule has 2 heterocycles. The highest BCUT2D eigenvalue weighted by Gasteiger charge is 2.36. The first-order chi connectivity index (χ1) is 9.30. The molecule has 2 rings (SSSR count). The highest BCUT2D eigenvalue weighted by molar-refractivity contribution is 5.76. The SMILES string of the molecule is CC1CC(C(=O)O)CCN1C(=O)N1CCCC(C)(C)C1. The van der Waals surface area contributed by atoms with Gasteiger partial charge >= 0.3 is 12.0 Å². The van der Waals surface area contributed by atoms with Crippen molar-refractivity contribution in [3.63, 3.8) is 0 Å². The van der Waals surface area contributed by atoms with Gasteiger partial charge in [0.25, 0.3) is 0 Å². The molecule has 0 radical (unpaired) electrons. The lowest BCUT2D eigenvalue weighted by Gasteiger charge is -2.43. The molecule has 0 saturated carbocycles. The van der Waals surface area contributed by atoms with Crippen LogP contribution in [0.25, 0.3) is 0 Å². The molecule has 2 fully saturated rings. The predicted octanol–water partition coefficient (Wildman–Crippen LogP) is 2.41. The molecule has 1 N–H and O–H groups in total. The van der Waals surface area contributed by atoms with Crippen molar-refractivity contribution in [2.45, 2.75) is 52.5 Å². The number of piperidine rings is 2. The molecule has 2 saturated heterocycles. The van der Waals surface area contributed by atoms with Crippen LogP contribution < -0.4 is 0 Å². The summed E-state index contributed by atoms with van der Waals surface area (Å²) in [4.78, 5) is 27.5. The van der Waals surface area contributed by atoms with E-state index in [9.17, 15) is 9.59 Å². The first kappa shape index (κ1) is 15.1. The second-order valence-corrected chi connectivity index (χ2v) is 7.07. The Kier molecular flexibility index (Phi) is 4.25. The number of carbonyl (C=O) groups excluding carboxylic acids is 1. The Labute approximate surface area is 120 Å². The van der Waals surface area contributed by atoms with Gasteiger partial charge in [0.15, 0.2) is 0 Å². The molecule has 2 atom stereocenters. The van der Waals surface area contributed by atoms with Gasteiger partial charge in [-0.15, -0.1) is 0 Å². The van der Waals surface area contributed by atoms with E-state index in [0.717, 1.165) is 25.9 Å². The first-order valence-electron chi connectivity index (χ1n) is 7.58. The fourth-order valence-electron chi connectivity index (χ4n) is 3.45. The van der Waals surface area contributed by atoms with Gasteiger partial charge in [0.2, 0.25) is 0 Å². The molecule has 0 aromatic carbocycles. The van der Waals surface area contributed by atoms with Gasteiger partial charge < -0.3 is 14.9 Å². The maximum absolute atomic E-state index is 12.6. The number of likely N-dealkylation sites (tertiary alicyclic amines) is 2. The highest BCUT2D eigenvalue weighted by Crippen LogP contribution is 2.30. The van der Waals surface area contributed by atoms with Gasteiger partial charge in [-0.3, -0.25) is 4.79 Å². The highest BCUT2D eigenvalue weighted by atomic mass is 16.4. The molecule has 114 valence electrons. The molecule has 2 aliphatic rings. The van der Waals surface area contributed by atoms with Crippen LogP contribution in [0.15, 0.2) is 0 Å². The van der Waals surface area contributed by atoms with Crippen LogP contribution in [0.1, 0.15) is 46.5 Å². The number of carboxylic acid groups (broad SMARTS) is 1. The normalized spacial score (nSPS) is 30.1. The summed E-state index contributed by atoms with van der Waals surface area (Å²) in [5.41, 5.74) is 0.191. The van der Waals surface area contributed by atoms with Gasteiger partial charge in [-0.2, -0.15) is 0 Å². The smallest absolute Gasteiger partial charge is 0.320 e. The molecule has 2 aliphatic heterocycles. The van der Waals surface area contributed by atoms with Crippen molar-refractivity contribution in [1.82, 2.24) is 9.80 Å². The lowest BCUT2D eigenvalue weighted by Crippen LogP contribution is -2.54. The van der Waals surface area contributed by atoms with Crippen molar-refractivity contribution in [2.24, 2.45) is 11.3 Å². The molecular formula is C15H26N2O3. The minimum absolute atomic E-state index is 0.0161. The largest absolute Gasteiger partial charge is 0.481 e. The zero-order valence-corrected chi connectivity index (χ0v) is 12.8. The van der Waals surface area contributed by atoms with Crippen molar-refractivity contribution < 1.29 is 14.7 Å². The lowest BCUT2D eigenvalue weighted by molar-refractivity contribution is -0.143. The zero-order chi connectivity index (χ0) is 14.9. The van der Waals surface area contributed by atoms with Crippen LogP contribution in [0.4, 0.5) is 4.79 Å². The molecule has 20 heavy (non-hydrogen) atoms. The summed E-state index contributed by atoms with van der Waals surface area (Å²) in [6.45, 7) is 8.56. The van der Waals surface area contributed by atoms with E-state index in [4.69, 9.17) is 5.11 Å². The van der Waals surface area contributed by atoms with Crippen molar-refractivity contribution in [3.05, 3.63) is 0 Å². The third-order valence-corrected chi connectivity index (χ3v) is 4.64. The Hall–Kier alpha value is -1.26. The van der Waals surface area contributed by atoms with E-state index in [2.05, 4.69) is 13.8 Å². The van der Waals surface area contributed by atoms with Crippen molar-refractivity contribution in [2.75, 3.05) is 19.6 Å². The van der Waals surface area contributed by atoms with E-state index in [1.54, 1.807) is 0 Å². The minimum atomic E-state index is -0.733. The Balaban J connectivity index is 1.98. The maximum Gasteiger partial charge on any atom is 0.320 e. The summed E-state index contributed by atoms with van der Waals surface area (Å²) >= 11 is 0. The summed E-state index contributed by atoms with van der Waals surface area (Å²) in [5, 5.41) is 9.08. The number of carbonyl (C=O) groups is 2. The van der Waals surface area contributed by atoms with E-state index < -0.39 is 5.97 Å². The third-order valence-electron chi connectivity index (χ3n) is 4.64. The molecule has 0 aromatic heterocycles. The fourth-order valence-corrected chi connectivity index (χ4v) is 3.45. The summed E-state index contributed by atoms with van der Waals surface area (Å²) in [6, 6.07) is 0.108. The Morgan fingerprint density at radius 1 is 1.25 bits per heavy atom. The Morgan fingerprint density at radius 3 is 2.50 bits per heavy atom. The summed E-state index contributed by atoms with van der Waals surface area (Å²) in [6.07, 6.45) is 3.35. The van der Waals surface area contributed by atoms with E-state index in [0.29, 0.717) is 19.4 Å². The van der Waals surface area contributed by atoms with Gasteiger partial charge in [-0.25, -0.2) is 4.79 Å². The van der Waals surface area contributed by atoms with Gasteiger partial charge in [0.05, 0.1) is 5.92 Å². The number of amides is 2. The number of rotatable bonds is 1. The fraction of sp³-hybridized carbons (Fsp3) is 0.867. The standard InChI is InChI=1S/C15H26N2O3/c1-11-9-12(13(18)19)5-8-17(11)14(20)16-7-4-6-15(2,3)10-16/h11-12H,4-10H2,1-3H3,(H,18,19). The number of nitrogens with zero attached hydrogens (tertiary/aromatic N) is 2. The molecule has 2 unspecified atom stereocenters. The molecule has 5 heteroatoms.